The van der Waals surface area contributed by atoms with Crippen molar-refractivity contribution in [3.05, 3.63) is 53.4 Å². The van der Waals surface area contributed by atoms with Crippen LogP contribution in [0.4, 0.5) is 11.4 Å². The predicted octanol–water partition coefficient (Wildman–Crippen LogP) is 4.30. The standard InChI is InChI=1S/C20H17N3O3S/c1-25-13-5-3-4-12(10-13)22-19(24)18-17(21)15-9-11-8-14(26-2)6-7-16(11)23-20(15)27-18/h3-10H,21H2,1-2H3,(H,22,24). The lowest BCUT2D eigenvalue weighted by molar-refractivity contribution is 0.103. The first-order valence-corrected chi connectivity index (χ1v) is 9.03. The number of amides is 1. The van der Waals surface area contributed by atoms with Crippen LogP contribution in [0, 0.1) is 0 Å². The summed E-state index contributed by atoms with van der Waals surface area (Å²) in [5.74, 6) is 1.14. The smallest absolute Gasteiger partial charge is 0.267 e. The van der Waals surface area contributed by atoms with Gasteiger partial charge in [-0.1, -0.05) is 6.07 Å². The number of methoxy groups -OCH3 is 2. The Hall–Kier alpha value is -3.32. The Kier molecular flexibility index (Phi) is 4.29. The van der Waals surface area contributed by atoms with Crippen molar-refractivity contribution in [2.24, 2.45) is 0 Å². The number of anilines is 2. The number of ether oxygens (including phenoxy) is 2. The summed E-state index contributed by atoms with van der Waals surface area (Å²) < 4.78 is 10.4. The summed E-state index contributed by atoms with van der Waals surface area (Å²) in [7, 11) is 3.20. The minimum absolute atomic E-state index is 0.273. The van der Waals surface area contributed by atoms with Crippen LogP contribution in [0.5, 0.6) is 11.5 Å². The van der Waals surface area contributed by atoms with Crippen molar-refractivity contribution in [2.75, 3.05) is 25.3 Å². The summed E-state index contributed by atoms with van der Waals surface area (Å²) in [4.78, 5) is 18.5. The molecule has 0 aliphatic carbocycles. The van der Waals surface area contributed by atoms with Gasteiger partial charge in [0, 0.05) is 22.5 Å². The molecule has 0 aliphatic heterocycles. The van der Waals surface area contributed by atoms with E-state index in [1.807, 2.05) is 36.4 Å². The molecule has 136 valence electrons. The number of nitrogens with one attached hydrogen (secondary N) is 1. The molecular formula is C20H17N3O3S. The first-order valence-electron chi connectivity index (χ1n) is 8.21. The lowest BCUT2D eigenvalue weighted by atomic mass is 10.1. The number of hydrogen-bond donors (Lipinski definition) is 2. The second-order valence-corrected chi connectivity index (χ2v) is 6.93. The largest absolute Gasteiger partial charge is 0.497 e. The Morgan fingerprint density at radius 2 is 1.85 bits per heavy atom. The molecule has 3 N–H and O–H groups in total. The van der Waals surface area contributed by atoms with Gasteiger partial charge in [-0.2, -0.15) is 0 Å². The molecule has 6 nitrogen and oxygen atoms in total. The zero-order chi connectivity index (χ0) is 19.0. The average molecular weight is 379 g/mol. The zero-order valence-corrected chi connectivity index (χ0v) is 15.6. The first-order chi connectivity index (χ1) is 13.1. The van der Waals surface area contributed by atoms with Crippen LogP contribution in [0.15, 0.2) is 48.5 Å². The molecular weight excluding hydrogens is 362 g/mol. The first kappa shape index (κ1) is 17.1. The van der Waals surface area contributed by atoms with Crippen molar-refractivity contribution in [3.8, 4) is 11.5 Å². The van der Waals surface area contributed by atoms with Gasteiger partial charge >= 0.3 is 0 Å². The molecule has 0 spiro atoms. The molecule has 2 aromatic carbocycles. The minimum Gasteiger partial charge on any atom is -0.497 e. The van der Waals surface area contributed by atoms with Crippen LogP contribution < -0.4 is 20.5 Å². The zero-order valence-electron chi connectivity index (χ0n) is 14.8. The molecule has 0 atom stereocenters. The van der Waals surface area contributed by atoms with Gasteiger partial charge in [-0.25, -0.2) is 4.98 Å². The van der Waals surface area contributed by atoms with Crippen LogP contribution >= 0.6 is 11.3 Å². The van der Waals surface area contributed by atoms with E-state index >= 15 is 0 Å². The number of aromatic nitrogens is 1. The Bertz CT molecular complexity index is 1170. The number of nitrogens with two attached hydrogens (primary N) is 1. The third-order valence-electron chi connectivity index (χ3n) is 4.25. The van der Waals surface area contributed by atoms with E-state index in [-0.39, 0.29) is 5.91 Å². The third-order valence-corrected chi connectivity index (χ3v) is 5.37. The van der Waals surface area contributed by atoms with E-state index in [1.54, 1.807) is 26.4 Å². The Labute approximate surface area is 159 Å². The number of carbonyl (C=O) groups excluding carboxylic acids is 1. The van der Waals surface area contributed by atoms with E-state index in [9.17, 15) is 4.79 Å². The molecule has 0 unspecified atom stereocenters. The minimum atomic E-state index is -0.273. The number of benzene rings is 2. The topological polar surface area (TPSA) is 86.5 Å². The number of rotatable bonds is 4. The Morgan fingerprint density at radius 3 is 2.63 bits per heavy atom. The maximum atomic E-state index is 12.7. The van der Waals surface area contributed by atoms with E-state index in [4.69, 9.17) is 15.2 Å². The molecule has 4 rings (SSSR count). The van der Waals surface area contributed by atoms with Gasteiger partial charge in [0.05, 0.1) is 25.4 Å². The lowest BCUT2D eigenvalue weighted by Gasteiger charge is -2.06. The van der Waals surface area contributed by atoms with Crippen molar-refractivity contribution in [3.63, 3.8) is 0 Å². The lowest BCUT2D eigenvalue weighted by Crippen LogP contribution is -2.11. The van der Waals surface area contributed by atoms with Gasteiger partial charge < -0.3 is 20.5 Å². The van der Waals surface area contributed by atoms with E-state index in [1.165, 1.54) is 11.3 Å². The van der Waals surface area contributed by atoms with E-state index in [2.05, 4.69) is 10.3 Å². The van der Waals surface area contributed by atoms with Crippen LogP contribution in [0.1, 0.15) is 9.67 Å². The number of nitrogen functional groups attached to an aromatic ring is 1. The predicted molar refractivity (Wildman–Crippen MR) is 109 cm³/mol. The number of hydrogen-bond acceptors (Lipinski definition) is 6. The number of pyridine rings is 1. The number of thiophene rings is 1. The van der Waals surface area contributed by atoms with Crippen molar-refractivity contribution in [1.29, 1.82) is 0 Å². The summed E-state index contributed by atoms with van der Waals surface area (Å²) in [6.45, 7) is 0. The molecule has 27 heavy (non-hydrogen) atoms. The maximum Gasteiger partial charge on any atom is 0.267 e. The van der Waals surface area contributed by atoms with Gasteiger partial charge in [0.25, 0.3) is 5.91 Å². The second kappa shape index (κ2) is 6.77. The van der Waals surface area contributed by atoms with Crippen LogP contribution in [-0.4, -0.2) is 25.1 Å². The van der Waals surface area contributed by atoms with Crippen molar-refractivity contribution < 1.29 is 14.3 Å². The van der Waals surface area contributed by atoms with Gasteiger partial charge in [0.1, 0.15) is 21.2 Å². The van der Waals surface area contributed by atoms with Gasteiger partial charge in [-0.05, 0) is 36.4 Å². The van der Waals surface area contributed by atoms with Gasteiger partial charge in [-0.3, -0.25) is 4.79 Å². The highest BCUT2D eigenvalue weighted by molar-refractivity contribution is 7.21. The molecule has 2 aromatic heterocycles. The highest BCUT2D eigenvalue weighted by Crippen LogP contribution is 2.35. The molecule has 0 aliphatic rings. The monoisotopic (exact) mass is 379 g/mol. The molecule has 0 fully saturated rings. The quantitative estimate of drug-likeness (QED) is 0.552. The van der Waals surface area contributed by atoms with Crippen molar-refractivity contribution in [2.45, 2.75) is 0 Å². The second-order valence-electron chi connectivity index (χ2n) is 5.93. The molecule has 2 heterocycles. The molecule has 7 heteroatoms. The molecule has 0 bridgehead atoms. The fourth-order valence-corrected chi connectivity index (χ4v) is 3.85. The summed E-state index contributed by atoms with van der Waals surface area (Å²) in [6.07, 6.45) is 0. The average Bonchev–Trinajstić information content (AvgIpc) is 3.01. The third kappa shape index (κ3) is 3.13. The SMILES string of the molecule is COc1cccc(NC(=O)c2sc3nc4ccc(OC)cc4cc3c2N)c1. The van der Waals surface area contributed by atoms with Gasteiger partial charge in [-0.15, -0.1) is 11.3 Å². The summed E-state index contributed by atoms with van der Waals surface area (Å²) in [5.41, 5.74) is 8.15. The summed E-state index contributed by atoms with van der Waals surface area (Å²) in [6, 6.07) is 14.7. The summed E-state index contributed by atoms with van der Waals surface area (Å²) in [5, 5.41) is 4.53. The van der Waals surface area contributed by atoms with Gasteiger partial charge in [0.15, 0.2) is 0 Å². The van der Waals surface area contributed by atoms with Crippen molar-refractivity contribution in [1.82, 2.24) is 4.98 Å². The van der Waals surface area contributed by atoms with Crippen LogP contribution in [-0.2, 0) is 0 Å². The molecule has 4 aromatic rings. The maximum absolute atomic E-state index is 12.7. The Morgan fingerprint density at radius 1 is 1.07 bits per heavy atom. The number of carbonyl (C=O) groups is 1. The molecule has 0 saturated heterocycles. The van der Waals surface area contributed by atoms with Crippen LogP contribution in [0.25, 0.3) is 21.1 Å². The van der Waals surface area contributed by atoms with E-state index in [0.29, 0.717) is 22.0 Å². The van der Waals surface area contributed by atoms with Crippen LogP contribution in [0.3, 0.4) is 0 Å². The molecule has 1 amide bonds. The normalized spacial score (nSPS) is 10.9. The summed E-state index contributed by atoms with van der Waals surface area (Å²) >= 11 is 1.28. The highest BCUT2D eigenvalue weighted by Gasteiger charge is 2.18. The Balaban J connectivity index is 1.73. The fraction of sp³-hybridized carbons (Fsp3) is 0.100. The van der Waals surface area contributed by atoms with Crippen LogP contribution in [0.2, 0.25) is 0 Å². The number of nitrogens with zero attached hydrogens (tertiary/aromatic N) is 1. The molecule has 0 radical (unpaired) electrons. The molecule has 0 saturated carbocycles. The van der Waals surface area contributed by atoms with Crippen molar-refractivity contribution >= 4 is 49.7 Å². The van der Waals surface area contributed by atoms with Gasteiger partial charge in [0.2, 0.25) is 0 Å². The highest BCUT2D eigenvalue weighted by atomic mass is 32.1. The number of fused-ring (bicyclic) bond motifs is 2. The van der Waals surface area contributed by atoms with E-state index < -0.39 is 0 Å². The van der Waals surface area contributed by atoms with E-state index in [0.717, 1.165) is 26.9 Å². The fourth-order valence-electron chi connectivity index (χ4n) is 2.87.